The van der Waals surface area contributed by atoms with Crippen LogP contribution in [0, 0.1) is 6.57 Å². The summed E-state index contributed by atoms with van der Waals surface area (Å²) in [6.45, 7) is 16.5. The lowest BCUT2D eigenvalue weighted by Gasteiger charge is -2.41. The van der Waals surface area contributed by atoms with Crippen LogP contribution in [0.4, 0.5) is 11.5 Å². The van der Waals surface area contributed by atoms with Crippen molar-refractivity contribution in [3.63, 3.8) is 0 Å². The minimum Gasteiger partial charge on any atom is -0.508 e. The summed E-state index contributed by atoms with van der Waals surface area (Å²) in [4.78, 5) is 32.0. The summed E-state index contributed by atoms with van der Waals surface area (Å²) in [6, 6.07) is 11.7. The van der Waals surface area contributed by atoms with E-state index in [-0.39, 0.29) is 30.3 Å². The van der Waals surface area contributed by atoms with Crippen LogP contribution in [0.5, 0.6) is 11.8 Å². The van der Waals surface area contributed by atoms with Crippen LogP contribution in [0.15, 0.2) is 49.1 Å². The van der Waals surface area contributed by atoms with Crippen LogP contribution in [-0.2, 0) is 22.5 Å². The van der Waals surface area contributed by atoms with Gasteiger partial charge in [-0.3, -0.25) is 4.79 Å². The number of nitrogens with zero attached hydrogens (tertiary/aromatic N) is 6. The molecule has 10 heteroatoms. The van der Waals surface area contributed by atoms with Gasteiger partial charge in [-0.05, 0) is 43.7 Å². The van der Waals surface area contributed by atoms with E-state index in [4.69, 9.17) is 26.0 Å². The number of anilines is 2. The zero-order valence-corrected chi connectivity index (χ0v) is 23.9. The van der Waals surface area contributed by atoms with Crippen molar-refractivity contribution in [3.05, 3.63) is 71.7 Å². The van der Waals surface area contributed by atoms with E-state index in [0.29, 0.717) is 51.3 Å². The standard InChI is InChI=1S/C32H36N6O4/c1-4-30(40)38-14-13-37(18-23(38)17-33-3)31-27-11-12-36(29-16-24(39)15-22-7-5-6-8-26(22)29)19-28(27)34-32(35-31)41-20-21(2)42-25-9-10-25/h4-8,15-16,21,23,25,39H,1,9-14,17-20H2,2H3/t21-,23-/m0/s1. The minimum absolute atomic E-state index is 0.0766. The smallest absolute Gasteiger partial charge is 0.318 e. The fourth-order valence-corrected chi connectivity index (χ4v) is 5.94. The number of carbonyl (C=O) groups is 1. The van der Waals surface area contributed by atoms with Crippen LogP contribution >= 0.6 is 0 Å². The van der Waals surface area contributed by atoms with Gasteiger partial charge in [0.1, 0.15) is 24.2 Å². The van der Waals surface area contributed by atoms with Gasteiger partial charge in [-0.1, -0.05) is 30.8 Å². The molecule has 0 unspecified atom stereocenters. The number of amides is 1. The van der Waals surface area contributed by atoms with Gasteiger partial charge in [-0.25, -0.2) is 6.57 Å². The van der Waals surface area contributed by atoms with Gasteiger partial charge in [0.05, 0.1) is 24.4 Å². The summed E-state index contributed by atoms with van der Waals surface area (Å²) in [5, 5.41) is 12.5. The third-order valence-electron chi connectivity index (χ3n) is 8.13. The Hall–Kier alpha value is -4.36. The van der Waals surface area contributed by atoms with Gasteiger partial charge in [0.25, 0.3) is 0 Å². The molecule has 3 aliphatic rings. The lowest BCUT2D eigenvalue weighted by atomic mass is 10.0. The Balaban J connectivity index is 1.32. The molecule has 2 fully saturated rings. The van der Waals surface area contributed by atoms with Crippen LogP contribution in [0.25, 0.3) is 15.6 Å². The van der Waals surface area contributed by atoms with E-state index in [1.807, 2.05) is 31.2 Å². The maximum atomic E-state index is 12.5. The van der Waals surface area contributed by atoms with Gasteiger partial charge in [0.15, 0.2) is 0 Å². The zero-order chi connectivity index (χ0) is 29.2. The summed E-state index contributed by atoms with van der Waals surface area (Å²) in [7, 11) is 0. The molecule has 0 radical (unpaired) electrons. The molecule has 2 atom stereocenters. The van der Waals surface area contributed by atoms with Gasteiger partial charge >= 0.3 is 6.01 Å². The van der Waals surface area contributed by atoms with Crippen molar-refractivity contribution in [2.24, 2.45) is 0 Å². The lowest BCUT2D eigenvalue weighted by molar-refractivity contribution is -0.128. The molecule has 3 heterocycles. The summed E-state index contributed by atoms with van der Waals surface area (Å²) < 4.78 is 12.1. The number of hydrogen-bond donors (Lipinski definition) is 1. The second kappa shape index (κ2) is 11.9. The van der Waals surface area contributed by atoms with Crippen molar-refractivity contribution in [2.75, 3.05) is 49.1 Å². The SMILES string of the molecule is [C-]#[N+]C[C@H]1CN(c2nc(OC[C@H](C)OC3CC3)nc3c2CCN(c2cc(O)cc4ccccc24)C3)CCN1C(=O)C=C. The number of fused-ring (bicyclic) bond motifs is 2. The average Bonchev–Trinajstić information content (AvgIpc) is 3.82. The van der Waals surface area contributed by atoms with Gasteiger partial charge in [-0.15, -0.1) is 0 Å². The van der Waals surface area contributed by atoms with Crippen LogP contribution in [0.1, 0.15) is 31.0 Å². The van der Waals surface area contributed by atoms with Crippen molar-refractivity contribution in [2.45, 2.75) is 51.0 Å². The first-order valence-electron chi connectivity index (χ1n) is 14.6. The summed E-state index contributed by atoms with van der Waals surface area (Å²) in [5.74, 6) is 0.867. The maximum Gasteiger partial charge on any atom is 0.318 e. The number of ether oxygens (including phenoxy) is 2. The highest BCUT2D eigenvalue weighted by Crippen LogP contribution is 2.37. The normalized spacial score (nSPS) is 19.2. The molecule has 3 aromatic rings. The Morgan fingerprint density at radius 2 is 2.05 bits per heavy atom. The number of rotatable bonds is 9. The Bertz CT molecular complexity index is 1530. The Morgan fingerprint density at radius 1 is 1.21 bits per heavy atom. The first-order valence-corrected chi connectivity index (χ1v) is 14.6. The summed E-state index contributed by atoms with van der Waals surface area (Å²) in [5.41, 5.74) is 2.88. The topological polar surface area (TPSA) is 95.6 Å². The van der Waals surface area contributed by atoms with E-state index in [1.165, 1.54) is 6.08 Å². The van der Waals surface area contributed by atoms with Crippen LogP contribution in [-0.4, -0.2) is 83.5 Å². The molecule has 10 nitrogen and oxygen atoms in total. The summed E-state index contributed by atoms with van der Waals surface area (Å²) >= 11 is 0. The molecule has 0 spiro atoms. The van der Waals surface area contributed by atoms with Crippen molar-refractivity contribution < 1.29 is 19.4 Å². The highest BCUT2D eigenvalue weighted by atomic mass is 16.5. The quantitative estimate of drug-likeness (QED) is 0.306. The molecule has 42 heavy (non-hydrogen) atoms. The number of aromatic hydroxyl groups is 1. The highest BCUT2D eigenvalue weighted by Gasteiger charge is 2.35. The van der Waals surface area contributed by atoms with Gasteiger partial charge in [0.2, 0.25) is 12.5 Å². The Kier molecular flexibility index (Phi) is 7.85. The zero-order valence-electron chi connectivity index (χ0n) is 23.9. The third kappa shape index (κ3) is 5.83. The number of carbonyl (C=O) groups excluding carboxylic acids is 1. The summed E-state index contributed by atoms with van der Waals surface area (Å²) in [6.07, 6.45) is 4.45. The monoisotopic (exact) mass is 568 g/mol. The number of phenolic OH excluding ortho intramolecular Hbond substituents is 1. The first kappa shape index (κ1) is 27.8. The molecule has 2 aliphatic heterocycles. The number of phenols is 1. The molecular weight excluding hydrogens is 532 g/mol. The second-order valence-corrected chi connectivity index (χ2v) is 11.2. The van der Waals surface area contributed by atoms with E-state index < -0.39 is 0 Å². The van der Waals surface area contributed by atoms with E-state index in [2.05, 4.69) is 27.3 Å². The highest BCUT2D eigenvalue weighted by molar-refractivity contribution is 5.95. The van der Waals surface area contributed by atoms with E-state index in [0.717, 1.165) is 52.9 Å². The molecule has 1 saturated carbocycles. The second-order valence-electron chi connectivity index (χ2n) is 11.2. The maximum absolute atomic E-state index is 12.5. The predicted molar refractivity (Wildman–Crippen MR) is 161 cm³/mol. The minimum atomic E-state index is -0.262. The van der Waals surface area contributed by atoms with Crippen molar-refractivity contribution >= 4 is 28.2 Å². The van der Waals surface area contributed by atoms with Gasteiger partial charge in [-0.2, -0.15) is 9.97 Å². The van der Waals surface area contributed by atoms with Crippen molar-refractivity contribution in [1.29, 1.82) is 0 Å². The van der Waals surface area contributed by atoms with Crippen LogP contribution in [0.3, 0.4) is 0 Å². The third-order valence-corrected chi connectivity index (χ3v) is 8.13. The molecule has 1 N–H and O–H groups in total. The molecular formula is C32H36N6O4. The van der Waals surface area contributed by atoms with E-state index in [1.54, 1.807) is 11.0 Å². The first-order chi connectivity index (χ1) is 20.4. The molecule has 0 bridgehead atoms. The molecule has 6 rings (SSSR count). The van der Waals surface area contributed by atoms with Crippen molar-refractivity contribution in [3.8, 4) is 11.8 Å². The van der Waals surface area contributed by atoms with Crippen LogP contribution < -0.4 is 14.5 Å². The fourth-order valence-electron chi connectivity index (χ4n) is 5.94. The van der Waals surface area contributed by atoms with Gasteiger partial charge in [0, 0.05) is 48.9 Å². The molecule has 2 aromatic carbocycles. The molecule has 1 saturated heterocycles. The van der Waals surface area contributed by atoms with Crippen LogP contribution in [0.2, 0.25) is 0 Å². The molecule has 1 aliphatic carbocycles. The molecule has 1 amide bonds. The lowest BCUT2D eigenvalue weighted by Crippen LogP contribution is -2.56. The number of benzene rings is 2. The number of aromatic nitrogens is 2. The van der Waals surface area contributed by atoms with E-state index >= 15 is 0 Å². The average molecular weight is 569 g/mol. The largest absolute Gasteiger partial charge is 0.508 e. The number of piperazine rings is 1. The Labute approximate surface area is 246 Å². The fraction of sp³-hybridized carbons (Fsp3) is 0.438. The Morgan fingerprint density at radius 3 is 2.83 bits per heavy atom. The molecule has 218 valence electrons. The molecule has 1 aromatic heterocycles. The van der Waals surface area contributed by atoms with E-state index in [9.17, 15) is 9.90 Å². The van der Waals surface area contributed by atoms with Gasteiger partial charge < -0.3 is 34.1 Å². The van der Waals surface area contributed by atoms with Crippen molar-refractivity contribution in [1.82, 2.24) is 14.9 Å². The predicted octanol–water partition coefficient (Wildman–Crippen LogP) is 3.97. The number of hydrogen-bond acceptors (Lipinski definition) is 8.